The lowest BCUT2D eigenvalue weighted by Gasteiger charge is -2.49. The van der Waals surface area contributed by atoms with Crippen molar-refractivity contribution >= 4 is 5.91 Å². The van der Waals surface area contributed by atoms with E-state index < -0.39 is 0 Å². The average Bonchev–Trinajstić information content (AvgIpc) is 2.82. The van der Waals surface area contributed by atoms with Crippen molar-refractivity contribution in [1.82, 2.24) is 4.90 Å². The summed E-state index contributed by atoms with van der Waals surface area (Å²) >= 11 is 0. The zero-order chi connectivity index (χ0) is 10.3. The standard InChI is InChI=1S/C10H19N3O/c1-7(9(11)14)4-13-5-10(12,6-13)8-2-3-8/h7-8H,2-6,12H2,1H3,(H2,11,14). The molecule has 1 heterocycles. The van der Waals surface area contributed by atoms with Crippen LogP contribution in [0.4, 0.5) is 0 Å². The van der Waals surface area contributed by atoms with Crippen molar-refractivity contribution in [2.75, 3.05) is 19.6 Å². The van der Waals surface area contributed by atoms with E-state index in [1.54, 1.807) is 0 Å². The Morgan fingerprint density at radius 3 is 2.57 bits per heavy atom. The molecule has 4 nitrogen and oxygen atoms in total. The van der Waals surface area contributed by atoms with E-state index in [0.717, 1.165) is 25.6 Å². The molecule has 4 N–H and O–H groups in total. The first-order chi connectivity index (χ1) is 6.51. The molecule has 0 aromatic rings. The molecule has 80 valence electrons. The van der Waals surface area contributed by atoms with Crippen molar-refractivity contribution < 1.29 is 4.79 Å². The normalized spacial score (nSPS) is 28.1. The van der Waals surface area contributed by atoms with Gasteiger partial charge in [0.05, 0.1) is 0 Å². The van der Waals surface area contributed by atoms with E-state index in [-0.39, 0.29) is 17.4 Å². The molecule has 1 saturated heterocycles. The Morgan fingerprint density at radius 1 is 1.57 bits per heavy atom. The number of likely N-dealkylation sites (tertiary alicyclic amines) is 1. The monoisotopic (exact) mass is 197 g/mol. The van der Waals surface area contributed by atoms with E-state index in [1.807, 2.05) is 6.92 Å². The second-order valence-electron chi connectivity index (χ2n) is 4.98. The lowest BCUT2D eigenvalue weighted by atomic mass is 9.85. The maximum absolute atomic E-state index is 10.8. The average molecular weight is 197 g/mol. The highest BCUT2D eigenvalue weighted by Gasteiger charge is 2.50. The zero-order valence-electron chi connectivity index (χ0n) is 8.70. The van der Waals surface area contributed by atoms with Crippen molar-refractivity contribution in [3.05, 3.63) is 0 Å². The van der Waals surface area contributed by atoms with Crippen LogP contribution in [0.15, 0.2) is 0 Å². The molecule has 1 amide bonds. The first-order valence-corrected chi connectivity index (χ1v) is 5.32. The topological polar surface area (TPSA) is 72.3 Å². The number of nitrogens with zero attached hydrogens (tertiary/aromatic N) is 1. The van der Waals surface area contributed by atoms with E-state index in [1.165, 1.54) is 12.8 Å². The van der Waals surface area contributed by atoms with Gasteiger partial charge in [-0.2, -0.15) is 0 Å². The van der Waals surface area contributed by atoms with E-state index >= 15 is 0 Å². The number of carbonyl (C=O) groups excluding carboxylic acids is 1. The van der Waals surface area contributed by atoms with Crippen LogP contribution in [-0.4, -0.2) is 36.0 Å². The smallest absolute Gasteiger partial charge is 0.221 e. The summed E-state index contributed by atoms with van der Waals surface area (Å²) in [6.07, 6.45) is 2.57. The molecule has 1 atom stereocenters. The predicted octanol–water partition coefficient (Wildman–Crippen LogP) is -0.469. The molecule has 0 bridgehead atoms. The third-order valence-corrected chi connectivity index (χ3v) is 3.44. The minimum Gasteiger partial charge on any atom is -0.369 e. The number of nitrogens with two attached hydrogens (primary N) is 2. The van der Waals surface area contributed by atoms with Crippen molar-refractivity contribution in [1.29, 1.82) is 0 Å². The number of hydrogen-bond donors (Lipinski definition) is 2. The molecular weight excluding hydrogens is 178 g/mol. The highest BCUT2D eigenvalue weighted by Crippen LogP contribution is 2.42. The minimum atomic E-state index is -0.217. The summed E-state index contributed by atoms with van der Waals surface area (Å²) in [5.41, 5.74) is 11.5. The van der Waals surface area contributed by atoms with Crippen molar-refractivity contribution in [3.63, 3.8) is 0 Å². The fraction of sp³-hybridized carbons (Fsp3) is 0.900. The van der Waals surface area contributed by atoms with Crippen LogP contribution in [0, 0.1) is 11.8 Å². The molecule has 0 spiro atoms. The Morgan fingerprint density at radius 2 is 2.14 bits per heavy atom. The molecule has 0 radical (unpaired) electrons. The van der Waals surface area contributed by atoms with Crippen LogP contribution in [0.3, 0.4) is 0 Å². The SMILES string of the molecule is CC(CN1CC(N)(C2CC2)C1)C(N)=O. The van der Waals surface area contributed by atoms with Crippen LogP contribution < -0.4 is 11.5 Å². The highest BCUT2D eigenvalue weighted by atomic mass is 16.1. The van der Waals surface area contributed by atoms with Gasteiger partial charge in [0.2, 0.25) is 5.91 Å². The van der Waals surface area contributed by atoms with Gasteiger partial charge >= 0.3 is 0 Å². The summed E-state index contributed by atoms with van der Waals surface area (Å²) in [7, 11) is 0. The molecular formula is C10H19N3O. The van der Waals surface area contributed by atoms with Gasteiger partial charge in [0.1, 0.15) is 0 Å². The van der Waals surface area contributed by atoms with Crippen molar-refractivity contribution in [3.8, 4) is 0 Å². The molecule has 1 aliphatic heterocycles. The van der Waals surface area contributed by atoms with Gasteiger partial charge in [0, 0.05) is 31.1 Å². The summed E-state index contributed by atoms with van der Waals surface area (Å²) < 4.78 is 0. The maximum atomic E-state index is 10.8. The summed E-state index contributed by atoms with van der Waals surface area (Å²) in [6.45, 7) is 4.52. The van der Waals surface area contributed by atoms with Crippen LogP contribution in [0.1, 0.15) is 19.8 Å². The number of carbonyl (C=O) groups is 1. The Balaban J connectivity index is 1.74. The molecule has 1 aliphatic carbocycles. The van der Waals surface area contributed by atoms with Gasteiger partial charge in [0.25, 0.3) is 0 Å². The molecule has 14 heavy (non-hydrogen) atoms. The van der Waals surface area contributed by atoms with Crippen LogP contribution in [0.25, 0.3) is 0 Å². The molecule has 0 aromatic heterocycles. The largest absolute Gasteiger partial charge is 0.369 e. The van der Waals surface area contributed by atoms with E-state index in [2.05, 4.69) is 4.90 Å². The van der Waals surface area contributed by atoms with Crippen LogP contribution >= 0.6 is 0 Å². The van der Waals surface area contributed by atoms with E-state index in [9.17, 15) is 4.79 Å². The lowest BCUT2D eigenvalue weighted by molar-refractivity contribution is -0.122. The second kappa shape index (κ2) is 3.21. The molecule has 2 fully saturated rings. The summed E-state index contributed by atoms with van der Waals surface area (Å²) in [5, 5.41) is 0. The Kier molecular flexibility index (Phi) is 2.27. The molecule has 0 aromatic carbocycles. The van der Waals surface area contributed by atoms with Crippen molar-refractivity contribution in [2.24, 2.45) is 23.3 Å². The van der Waals surface area contributed by atoms with E-state index in [4.69, 9.17) is 11.5 Å². The highest BCUT2D eigenvalue weighted by molar-refractivity contribution is 5.76. The molecule has 1 saturated carbocycles. The summed E-state index contributed by atoms with van der Waals surface area (Å²) in [5.74, 6) is 0.465. The van der Waals surface area contributed by atoms with Crippen LogP contribution in [0.2, 0.25) is 0 Å². The maximum Gasteiger partial charge on any atom is 0.221 e. The third-order valence-electron chi connectivity index (χ3n) is 3.44. The second-order valence-corrected chi connectivity index (χ2v) is 4.98. The minimum absolute atomic E-state index is 0.0529. The number of primary amides is 1. The fourth-order valence-corrected chi connectivity index (χ4v) is 2.31. The van der Waals surface area contributed by atoms with Crippen molar-refractivity contribution in [2.45, 2.75) is 25.3 Å². The Hall–Kier alpha value is -0.610. The van der Waals surface area contributed by atoms with E-state index in [0.29, 0.717) is 0 Å². The Labute approximate surface area is 84.6 Å². The van der Waals surface area contributed by atoms with Gasteiger partial charge < -0.3 is 11.5 Å². The van der Waals surface area contributed by atoms with Gasteiger partial charge in [-0.1, -0.05) is 6.92 Å². The fourth-order valence-electron chi connectivity index (χ4n) is 2.31. The zero-order valence-corrected chi connectivity index (χ0v) is 8.70. The molecule has 4 heteroatoms. The molecule has 2 aliphatic rings. The van der Waals surface area contributed by atoms with Gasteiger partial charge in [0.15, 0.2) is 0 Å². The quantitative estimate of drug-likeness (QED) is 0.640. The number of hydrogen-bond acceptors (Lipinski definition) is 3. The van der Waals surface area contributed by atoms with Crippen LogP contribution in [-0.2, 0) is 4.79 Å². The van der Waals surface area contributed by atoms with Gasteiger partial charge in [-0.25, -0.2) is 0 Å². The Bertz CT molecular complexity index is 244. The molecule has 1 unspecified atom stereocenters. The third kappa shape index (κ3) is 1.77. The predicted molar refractivity (Wildman–Crippen MR) is 54.4 cm³/mol. The van der Waals surface area contributed by atoms with Gasteiger partial charge in [-0.3, -0.25) is 9.69 Å². The molecule has 2 rings (SSSR count). The first-order valence-electron chi connectivity index (χ1n) is 5.32. The van der Waals surface area contributed by atoms with Gasteiger partial charge in [-0.15, -0.1) is 0 Å². The summed E-state index contributed by atoms with van der Waals surface area (Å²) in [4.78, 5) is 13.1. The first kappa shape index (κ1) is 9.93. The number of amides is 1. The summed E-state index contributed by atoms with van der Waals surface area (Å²) in [6, 6.07) is 0. The number of rotatable bonds is 4. The van der Waals surface area contributed by atoms with Gasteiger partial charge in [-0.05, 0) is 18.8 Å². The van der Waals surface area contributed by atoms with Crippen LogP contribution in [0.5, 0.6) is 0 Å². The lowest BCUT2D eigenvalue weighted by Crippen LogP contribution is -2.69.